The SMILES string of the molecule is O=[N+]([O-])c1cc(I)c(F)cc1NCC1CC2CCC1C2. The van der Waals surface area contributed by atoms with Crippen LogP contribution in [0.1, 0.15) is 25.7 Å². The van der Waals surface area contributed by atoms with Gasteiger partial charge in [0.15, 0.2) is 0 Å². The molecule has 0 amide bonds. The monoisotopic (exact) mass is 390 g/mol. The van der Waals surface area contributed by atoms with Crippen LogP contribution in [0.2, 0.25) is 0 Å². The second-order valence-corrected chi connectivity index (χ2v) is 7.02. The van der Waals surface area contributed by atoms with Gasteiger partial charge in [0.05, 0.1) is 8.49 Å². The van der Waals surface area contributed by atoms with E-state index in [0.717, 1.165) is 11.8 Å². The van der Waals surface area contributed by atoms with Gasteiger partial charge in [-0.2, -0.15) is 0 Å². The molecule has 3 atom stereocenters. The van der Waals surface area contributed by atoms with E-state index in [4.69, 9.17) is 0 Å². The molecule has 20 heavy (non-hydrogen) atoms. The van der Waals surface area contributed by atoms with Crippen LogP contribution < -0.4 is 5.32 Å². The lowest BCUT2D eigenvalue weighted by Crippen LogP contribution is -2.20. The van der Waals surface area contributed by atoms with Crippen LogP contribution in [0.3, 0.4) is 0 Å². The molecule has 108 valence electrons. The number of nitro groups is 1. The minimum Gasteiger partial charge on any atom is -0.379 e. The lowest BCUT2D eigenvalue weighted by molar-refractivity contribution is -0.384. The Kier molecular flexibility index (Phi) is 3.83. The summed E-state index contributed by atoms with van der Waals surface area (Å²) in [5.41, 5.74) is 0.259. The molecule has 3 rings (SSSR count). The highest BCUT2D eigenvalue weighted by molar-refractivity contribution is 14.1. The molecule has 6 heteroatoms. The zero-order valence-corrected chi connectivity index (χ0v) is 13.1. The van der Waals surface area contributed by atoms with Gasteiger partial charge in [0.1, 0.15) is 11.5 Å². The Morgan fingerprint density at radius 3 is 2.80 bits per heavy atom. The van der Waals surface area contributed by atoms with Crippen LogP contribution in [0.4, 0.5) is 15.8 Å². The average molecular weight is 390 g/mol. The quantitative estimate of drug-likeness (QED) is 0.477. The number of hydrogen-bond donors (Lipinski definition) is 1. The van der Waals surface area contributed by atoms with E-state index in [1.165, 1.54) is 37.8 Å². The molecule has 2 bridgehead atoms. The molecule has 3 unspecified atom stereocenters. The first-order chi connectivity index (χ1) is 9.54. The molecule has 0 aromatic heterocycles. The number of rotatable bonds is 4. The minimum absolute atomic E-state index is 0.0426. The summed E-state index contributed by atoms with van der Waals surface area (Å²) in [6, 6.07) is 2.53. The smallest absolute Gasteiger partial charge is 0.293 e. The number of nitro benzene ring substituents is 1. The van der Waals surface area contributed by atoms with Crippen LogP contribution in [0, 0.1) is 37.3 Å². The van der Waals surface area contributed by atoms with E-state index in [9.17, 15) is 14.5 Å². The average Bonchev–Trinajstić information content (AvgIpc) is 3.01. The molecule has 1 aromatic rings. The van der Waals surface area contributed by atoms with Crippen molar-refractivity contribution in [2.45, 2.75) is 25.7 Å². The molecule has 2 aliphatic carbocycles. The largest absolute Gasteiger partial charge is 0.379 e. The van der Waals surface area contributed by atoms with Crippen molar-refractivity contribution in [3.05, 3.63) is 31.6 Å². The molecular weight excluding hydrogens is 374 g/mol. The summed E-state index contributed by atoms with van der Waals surface area (Å²) in [4.78, 5) is 10.6. The number of benzene rings is 1. The Bertz CT molecular complexity index is 552. The minimum atomic E-state index is -0.454. The zero-order chi connectivity index (χ0) is 14.3. The summed E-state index contributed by atoms with van der Waals surface area (Å²) < 4.78 is 13.9. The fourth-order valence-electron chi connectivity index (χ4n) is 3.70. The molecule has 1 N–H and O–H groups in total. The van der Waals surface area contributed by atoms with Gasteiger partial charge < -0.3 is 5.32 Å². The predicted molar refractivity (Wildman–Crippen MR) is 83.2 cm³/mol. The topological polar surface area (TPSA) is 55.2 Å². The molecule has 0 saturated heterocycles. The summed E-state index contributed by atoms with van der Waals surface area (Å²) in [6.45, 7) is 0.710. The molecule has 0 radical (unpaired) electrons. The second-order valence-electron chi connectivity index (χ2n) is 5.86. The van der Waals surface area contributed by atoms with Gasteiger partial charge in [0.2, 0.25) is 0 Å². The van der Waals surface area contributed by atoms with Crippen molar-refractivity contribution >= 4 is 34.0 Å². The number of hydrogen-bond acceptors (Lipinski definition) is 3. The molecule has 2 saturated carbocycles. The van der Waals surface area contributed by atoms with Gasteiger partial charge in [-0.25, -0.2) is 4.39 Å². The first-order valence-corrected chi connectivity index (χ1v) is 7.99. The van der Waals surface area contributed by atoms with E-state index >= 15 is 0 Å². The number of nitrogens with one attached hydrogen (secondary N) is 1. The third kappa shape index (κ3) is 2.62. The maximum absolute atomic E-state index is 13.6. The maximum atomic E-state index is 13.6. The highest BCUT2D eigenvalue weighted by Gasteiger charge is 2.39. The number of anilines is 1. The first-order valence-electron chi connectivity index (χ1n) is 6.92. The Labute approximate surface area is 130 Å². The Morgan fingerprint density at radius 2 is 2.20 bits per heavy atom. The summed E-state index contributed by atoms with van der Waals surface area (Å²) in [5, 5.41) is 14.2. The van der Waals surface area contributed by atoms with Gasteiger partial charge in [0, 0.05) is 18.7 Å². The molecule has 4 nitrogen and oxygen atoms in total. The van der Waals surface area contributed by atoms with E-state index in [0.29, 0.717) is 18.2 Å². The molecule has 2 aliphatic rings. The fourth-order valence-corrected chi connectivity index (χ4v) is 4.15. The highest BCUT2D eigenvalue weighted by atomic mass is 127. The van der Waals surface area contributed by atoms with Crippen LogP contribution in [-0.2, 0) is 0 Å². The van der Waals surface area contributed by atoms with Crippen LogP contribution in [0.15, 0.2) is 12.1 Å². The van der Waals surface area contributed by atoms with Crippen LogP contribution in [-0.4, -0.2) is 11.5 Å². The van der Waals surface area contributed by atoms with Crippen molar-refractivity contribution in [2.24, 2.45) is 17.8 Å². The number of fused-ring (bicyclic) bond motifs is 2. The van der Waals surface area contributed by atoms with Gasteiger partial charge in [-0.15, -0.1) is 0 Å². The number of nitrogens with zero attached hydrogens (tertiary/aromatic N) is 1. The lowest BCUT2D eigenvalue weighted by Gasteiger charge is -2.22. The van der Waals surface area contributed by atoms with Gasteiger partial charge in [-0.3, -0.25) is 10.1 Å². The van der Waals surface area contributed by atoms with Crippen molar-refractivity contribution in [2.75, 3.05) is 11.9 Å². The van der Waals surface area contributed by atoms with Crippen molar-refractivity contribution in [3.8, 4) is 0 Å². The maximum Gasteiger partial charge on any atom is 0.293 e. The van der Waals surface area contributed by atoms with Gasteiger partial charge in [0.25, 0.3) is 5.69 Å². The first kappa shape index (κ1) is 14.0. The summed E-state index contributed by atoms with van der Waals surface area (Å²) in [5.74, 6) is 1.76. The summed E-state index contributed by atoms with van der Waals surface area (Å²) in [6.07, 6.45) is 5.12. The Balaban J connectivity index is 1.73. The molecule has 1 aromatic carbocycles. The normalized spacial score (nSPS) is 27.8. The van der Waals surface area contributed by atoms with Crippen molar-refractivity contribution in [3.63, 3.8) is 0 Å². The van der Waals surface area contributed by atoms with Crippen LogP contribution >= 0.6 is 22.6 Å². The molecule has 0 spiro atoms. The zero-order valence-electron chi connectivity index (χ0n) is 10.9. The molecule has 0 heterocycles. The van der Waals surface area contributed by atoms with E-state index in [-0.39, 0.29) is 9.26 Å². The van der Waals surface area contributed by atoms with Crippen molar-refractivity contribution in [1.29, 1.82) is 0 Å². The van der Waals surface area contributed by atoms with Gasteiger partial charge in [-0.1, -0.05) is 6.42 Å². The van der Waals surface area contributed by atoms with Crippen molar-refractivity contribution in [1.82, 2.24) is 0 Å². The summed E-state index contributed by atoms with van der Waals surface area (Å²) >= 11 is 1.77. The standard InChI is InChI=1S/C14H16FIN2O2/c15-11-5-13(14(18(19)20)6-12(11)16)17-7-10-4-8-1-2-9(10)3-8/h5-6,8-10,17H,1-4,7H2. The number of halogens is 2. The van der Waals surface area contributed by atoms with E-state index in [1.54, 1.807) is 22.6 Å². The van der Waals surface area contributed by atoms with Crippen molar-refractivity contribution < 1.29 is 9.31 Å². The third-order valence-electron chi connectivity index (χ3n) is 4.67. The molecule has 0 aliphatic heterocycles. The second kappa shape index (κ2) is 5.46. The van der Waals surface area contributed by atoms with E-state index in [1.807, 2.05) is 0 Å². The van der Waals surface area contributed by atoms with E-state index in [2.05, 4.69) is 5.32 Å². The molecular formula is C14H16FIN2O2. The van der Waals surface area contributed by atoms with E-state index < -0.39 is 10.7 Å². The summed E-state index contributed by atoms with van der Waals surface area (Å²) in [7, 11) is 0. The Morgan fingerprint density at radius 1 is 1.40 bits per heavy atom. The lowest BCUT2D eigenvalue weighted by atomic mass is 9.89. The molecule has 2 fully saturated rings. The predicted octanol–water partition coefficient (Wildman–Crippen LogP) is 4.19. The fraction of sp³-hybridized carbons (Fsp3) is 0.571. The highest BCUT2D eigenvalue weighted by Crippen LogP contribution is 2.48. The van der Waals surface area contributed by atoms with Gasteiger partial charge >= 0.3 is 0 Å². The van der Waals surface area contributed by atoms with Crippen LogP contribution in [0.5, 0.6) is 0 Å². The Hall–Kier alpha value is -0.920. The van der Waals surface area contributed by atoms with Gasteiger partial charge in [-0.05, 0) is 59.6 Å². The van der Waals surface area contributed by atoms with Crippen LogP contribution in [0.25, 0.3) is 0 Å². The third-order valence-corrected chi connectivity index (χ3v) is 5.50.